The molecule has 0 radical (unpaired) electrons. The fourth-order valence-electron chi connectivity index (χ4n) is 3.90. The van der Waals surface area contributed by atoms with Crippen molar-refractivity contribution in [2.75, 3.05) is 24.5 Å². The molecule has 3 aliphatic rings. The van der Waals surface area contributed by atoms with Gasteiger partial charge in [-0.15, -0.1) is 0 Å². The molecule has 142 valence electrons. The van der Waals surface area contributed by atoms with Crippen LogP contribution in [0, 0.1) is 5.82 Å². The highest BCUT2D eigenvalue weighted by atomic mass is 19.1. The summed E-state index contributed by atoms with van der Waals surface area (Å²) in [4.78, 5) is 51.7. The van der Waals surface area contributed by atoms with Gasteiger partial charge in [0.15, 0.2) is 0 Å². The molecule has 0 spiro atoms. The molecule has 8 nitrogen and oxygen atoms in total. The van der Waals surface area contributed by atoms with E-state index < -0.39 is 35.5 Å². The average Bonchev–Trinajstić information content (AvgIpc) is 2.86. The third-order valence-electron chi connectivity index (χ3n) is 5.32. The van der Waals surface area contributed by atoms with Crippen LogP contribution in [0.3, 0.4) is 0 Å². The lowest BCUT2D eigenvalue weighted by Gasteiger charge is -2.36. The van der Waals surface area contributed by atoms with Crippen LogP contribution in [0.4, 0.5) is 10.1 Å². The monoisotopic (exact) mass is 374 g/mol. The molecule has 2 N–H and O–H groups in total. The van der Waals surface area contributed by atoms with E-state index >= 15 is 0 Å². The van der Waals surface area contributed by atoms with Crippen molar-refractivity contribution >= 4 is 29.3 Å². The quantitative estimate of drug-likeness (QED) is 0.709. The van der Waals surface area contributed by atoms with E-state index in [1.807, 2.05) is 11.8 Å². The van der Waals surface area contributed by atoms with Crippen molar-refractivity contribution in [3.8, 4) is 0 Å². The molecule has 1 aromatic rings. The van der Waals surface area contributed by atoms with E-state index in [4.69, 9.17) is 0 Å². The largest absolute Gasteiger partial charge is 0.364 e. The number of carbonyl (C=O) groups is 4. The molecule has 4 rings (SSSR count). The summed E-state index contributed by atoms with van der Waals surface area (Å²) in [5.74, 6) is -3.03. The first-order valence-corrected chi connectivity index (χ1v) is 8.91. The molecule has 0 aromatic heterocycles. The molecule has 2 saturated heterocycles. The van der Waals surface area contributed by atoms with Gasteiger partial charge < -0.3 is 10.2 Å². The highest BCUT2D eigenvalue weighted by Crippen LogP contribution is 2.33. The predicted octanol–water partition coefficient (Wildman–Crippen LogP) is 0.0250. The average molecular weight is 374 g/mol. The Morgan fingerprint density at radius 1 is 1.11 bits per heavy atom. The number of halogens is 1. The summed E-state index contributed by atoms with van der Waals surface area (Å²) >= 11 is 0. The van der Waals surface area contributed by atoms with Crippen molar-refractivity contribution in [1.29, 1.82) is 0 Å². The molecule has 2 fully saturated rings. The first-order valence-electron chi connectivity index (χ1n) is 8.91. The Morgan fingerprint density at radius 2 is 1.81 bits per heavy atom. The highest BCUT2D eigenvalue weighted by molar-refractivity contribution is 6.23. The number of hydrogen-bond acceptors (Lipinski definition) is 6. The van der Waals surface area contributed by atoms with Gasteiger partial charge in [-0.25, -0.2) is 4.39 Å². The van der Waals surface area contributed by atoms with Gasteiger partial charge in [0.05, 0.1) is 16.8 Å². The molecule has 1 aromatic carbocycles. The van der Waals surface area contributed by atoms with Crippen LogP contribution in [0.5, 0.6) is 0 Å². The number of amides is 4. The van der Waals surface area contributed by atoms with Gasteiger partial charge in [-0.2, -0.15) is 0 Å². The number of hydrogen-bond donors (Lipinski definition) is 2. The lowest BCUT2D eigenvalue weighted by Crippen LogP contribution is -2.54. The number of piperidine rings is 1. The van der Waals surface area contributed by atoms with Crippen LogP contribution in [0.15, 0.2) is 12.1 Å². The molecule has 9 heteroatoms. The van der Waals surface area contributed by atoms with Gasteiger partial charge in [-0.1, -0.05) is 0 Å². The van der Waals surface area contributed by atoms with E-state index in [-0.39, 0.29) is 35.7 Å². The lowest BCUT2D eigenvalue weighted by molar-refractivity contribution is -0.136. The first kappa shape index (κ1) is 17.6. The molecule has 0 aliphatic carbocycles. The van der Waals surface area contributed by atoms with Crippen LogP contribution >= 0.6 is 0 Å². The third-order valence-corrected chi connectivity index (χ3v) is 5.32. The smallest absolute Gasteiger partial charge is 0.262 e. The Kier molecular flexibility index (Phi) is 4.18. The van der Waals surface area contributed by atoms with Crippen LogP contribution in [0.1, 0.15) is 40.5 Å². The summed E-state index contributed by atoms with van der Waals surface area (Å²) in [6, 6.07) is 1.45. The summed E-state index contributed by atoms with van der Waals surface area (Å²) in [6.45, 7) is 3.90. The standard InChI is InChI=1S/C18H19FN4O4/c1-9-8-20-4-5-22(9)14-7-11-10(6-12(14)19)17(26)23(18(11)27)13-2-3-15(24)21-16(13)25/h6-7,9,13,20H,2-5,8H2,1H3,(H,21,24,25)/t9-,13?/m1/s1. The van der Waals surface area contributed by atoms with Gasteiger partial charge in [-0.3, -0.25) is 29.4 Å². The van der Waals surface area contributed by atoms with Crippen molar-refractivity contribution in [2.24, 2.45) is 0 Å². The summed E-state index contributed by atoms with van der Waals surface area (Å²) in [5.41, 5.74) is 0.314. The summed E-state index contributed by atoms with van der Waals surface area (Å²) in [7, 11) is 0. The molecule has 0 saturated carbocycles. The molecule has 0 bridgehead atoms. The predicted molar refractivity (Wildman–Crippen MR) is 92.7 cm³/mol. The Morgan fingerprint density at radius 3 is 2.48 bits per heavy atom. The second kappa shape index (κ2) is 6.41. The SMILES string of the molecule is C[C@@H]1CNCCN1c1cc2c(cc1F)C(=O)N(C1CCC(=O)NC1=O)C2=O. The van der Waals surface area contributed by atoms with E-state index in [9.17, 15) is 23.6 Å². The molecule has 3 heterocycles. The van der Waals surface area contributed by atoms with Gasteiger partial charge in [0, 0.05) is 32.1 Å². The number of rotatable bonds is 2. The number of benzene rings is 1. The fraction of sp³-hybridized carbons (Fsp3) is 0.444. The zero-order chi connectivity index (χ0) is 19.3. The maximum absolute atomic E-state index is 14.7. The van der Waals surface area contributed by atoms with E-state index in [2.05, 4.69) is 10.6 Å². The number of piperazine rings is 1. The van der Waals surface area contributed by atoms with Crippen LogP contribution in [0.2, 0.25) is 0 Å². The van der Waals surface area contributed by atoms with Crippen LogP contribution in [0.25, 0.3) is 0 Å². The van der Waals surface area contributed by atoms with Gasteiger partial charge in [0.1, 0.15) is 11.9 Å². The van der Waals surface area contributed by atoms with Gasteiger partial charge >= 0.3 is 0 Å². The topological polar surface area (TPSA) is 98.8 Å². The number of nitrogens with one attached hydrogen (secondary N) is 2. The Balaban J connectivity index is 1.69. The zero-order valence-corrected chi connectivity index (χ0v) is 14.8. The van der Waals surface area contributed by atoms with E-state index in [0.717, 1.165) is 11.0 Å². The summed E-state index contributed by atoms with van der Waals surface area (Å²) in [5, 5.41) is 5.36. The second-order valence-electron chi connectivity index (χ2n) is 7.04. The maximum Gasteiger partial charge on any atom is 0.262 e. The van der Waals surface area contributed by atoms with Crippen molar-refractivity contribution in [3.05, 3.63) is 29.1 Å². The number of fused-ring (bicyclic) bond motifs is 1. The molecule has 2 atom stereocenters. The summed E-state index contributed by atoms with van der Waals surface area (Å²) < 4.78 is 14.7. The van der Waals surface area contributed by atoms with Crippen LogP contribution in [-0.4, -0.2) is 60.2 Å². The van der Waals surface area contributed by atoms with Crippen LogP contribution < -0.4 is 15.5 Å². The zero-order valence-electron chi connectivity index (χ0n) is 14.8. The Labute approximate surface area is 154 Å². The molecule has 27 heavy (non-hydrogen) atoms. The van der Waals surface area contributed by atoms with Gasteiger partial charge in [0.25, 0.3) is 11.8 Å². The van der Waals surface area contributed by atoms with E-state index in [1.54, 1.807) is 0 Å². The molecular weight excluding hydrogens is 355 g/mol. The van der Waals surface area contributed by atoms with Gasteiger partial charge in [-0.05, 0) is 25.5 Å². The maximum atomic E-state index is 14.7. The number of nitrogens with zero attached hydrogens (tertiary/aromatic N) is 2. The lowest BCUT2D eigenvalue weighted by atomic mass is 10.0. The van der Waals surface area contributed by atoms with Crippen LogP contribution in [-0.2, 0) is 9.59 Å². The molecule has 3 aliphatic heterocycles. The third kappa shape index (κ3) is 2.78. The van der Waals surface area contributed by atoms with Crippen molar-refractivity contribution < 1.29 is 23.6 Å². The molecule has 4 amide bonds. The Hall–Kier alpha value is -2.81. The highest BCUT2D eigenvalue weighted by Gasteiger charge is 2.45. The van der Waals surface area contributed by atoms with E-state index in [0.29, 0.717) is 19.6 Å². The normalized spacial score (nSPS) is 25.7. The minimum absolute atomic E-state index is 0.0322. The molecular formula is C18H19FN4O4. The van der Waals surface area contributed by atoms with Crippen molar-refractivity contribution in [1.82, 2.24) is 15.5 Å². The second-order valence-corrected chi connectivity index (χ2v) is 7.04. The number of imide groups is 2. The van der Waals surface area contributed by atoms with Gasteiger partial charge in [0.2, 0.25) is 11.8 Å². The first-order chi connectivity index (χ1) is 12.9. The number of carbonyl (C=O) groups excluding carboxylic acids is 4. The van der Waals surface area contributed by atoms with Crippen molar-refractivity contribution in [3.63, 3.8) is 0 Å². The number of anilines is 1. The summed E-state index contributed by atoms with van der Waals surface area (Å²) in [6.07, 6.45) is 0.113. The van der Waals surface area contributed by atoms with E-state index in [1.165, 1.54) is 6.07 Å². The Bertz CT molecular complexity index is 871. The fourth-order valence-corrected chi connectivity index (χ4v) is 3.90. The minimum atomic E-state index is -1.06. The minimum Gasteiger partial charge on any atom is -0.364 e. The molecule has 1 unspecified atom stereocenters. The van der Waals surface area contributed by atoms with Crippen molar-refractivity contribution in [2.45, 2.75) is 31.8 Å².